The standard InChI is InChI=1S/C30H29N5O14S/c31-28-32-17(11-50-28)22(33-49-29(26(42)43)6-14-1-2-15(7-29)47-14)21(38)4-13-10-46-35(23(13)39)30(27(44)45)8-18(25(41)48-30)34-9-12-3-19(36)20(37)5-16(12)24(34)40/h3,5,11,13-15,18,36-37H,1-2,4,6-10H2,(H2,31,32)(H,42,43)(H,44,45)/b33-22-/t13-,14?,15?,18-,29?,30?/m0/s1. The molecular formula is C30H29N5O14S. The van der Waals surface area contributed by atoms with Crippen molar-refractivity contribution in [3.8, 4) is 11.5 Å². The number of hydrogen-bond donors (Lipinski definition) is 5. The summed E-state index contributed by atoms with van der Waals surface area (Å²) in [4.78, 5) is 94.6. The van der Waals surface area contributed by atoms with E-state index in [9.17, 15) is 49.2 Å². The third-order valence-corrected chi connectivity index (χ3v) is 10.2. The first-order valence-corrected chi connectivity index (χ1v) is 16.3. The van der Waals surface area contributed by atoms with Crippen molar-refractivity contribution < 1.29 is 68.3 Å². The lowest BCUT2D eigenvalue weighted by Gasteiger charge is -2.34. The Kier molecular flexibility index (Phi) is 7.90. The number of carboxylic acid groups (broad SMARTS) is 2. The van der Waals surface area contributed by atoms with E-state index in [1.54, 1.807) is 0 Å². The number of ether oxygens (including phenoxy) is 2. The van der Waals surface area contributed by atoms with Gasteiger partial charge in [-0.05, 0) is 30.5 Å². The molecule has 5 atom stereocenters. The van der Waals surface area contributed by atoms with Crippen LogP contribution in [0.5, 0.6) is 11.5 Å². The molecule has 1 aromatic heterocycles. The number of esters is 1. The predicted octanol–water partition coefficient (Wildman–Crippen LogP) is 0.124. The van der Waals surface area contributed by atoms with Gasteiger partial charge < -0.3 is 45.4 Å². The topological polar surface area (TPSA) is 278 Å². The number of ketones is 1. The van der Waals surface area contributed by atoms with Crippen LogP contribution in [0.2, 0.25) is 0 Å². The van der Waals surface area contributed by atoms with Crippen LogP contribution in [0.4, 0.5) is 5.13 Å². The number of nitrogen functional groups attached to an aromatic ring is 1. The van der Waals surface area contributed by atoms with Crippen molar-refractivity contribution in [1.82, 2.24) is 14.9 Å². The molecule has 20 heteroatoms. The van der Waals surface area contributed by atoms with Gasteiger partial charge in [-0.1, -0.05) is 5.16 Å². The zero-order chi connectivity index (χ0) is 35.7. The van der Waals surface area contributed by atoms with E-state index in [0.717, 1.165) is 28.4 Å². The molecule has 1 aromatic carbocycles. The van der Waals surface area contributed by atoms with Crippen LogP contribution in [0.3, 0.4) is 0 Å². The SMILES string of the molecule is Nc1nc(/C(=N/OC2(C(=O)O)CC3CCC(C2)O3)C(=O)C[C@H]2CON(C3(C(=O)O)C[C@H](N4Cc5cc(O)c(O)cc5C4=O)C(=O)O3)C2=O)cs1. The fraction of sp³-hybridized carbons (Fsp3) is 0.467. The molecule has 4 saturated heterocycles. The van der Waals surface area contributed by atoms with E-state index in [4.69, 9.17) is 24.9 Å². The number of aliphatic carboxylic acids is 2. The summed E-state index contributed by atoms with van der Waals surface area (Å²) in [7, 11) is 0. The second-order valence-corrected chi connectivity index (χ2v) is 13.6. The van der Waals surface area contributed by atoms with Crippen molar-refractivity contribution in [2.24, 2.45) is 11.1 Å². The summed E-state index contributed by atoms with van der Waals surface area (Å²) in [6.07, 6.45) is -0.817. The lowest BCUT2D eigenvalue weighted by atomic mass is 9.90. The molecule has 0 saturated carbocycles. The molecule has 5 aliphatic heterocycles. The number of Topliss-reactive ketones (excluding diaryl/α,β-unsaturated/α-hetero) is 1. The van der Waals surface area contributed by atoms with Crippen LogP contribution in [0.25, 0.3) is 0 Å². The molecule has 5 aliphatic rings. The molecule has 3 unspecified atom stereocenters. The zero-order valence-electron chi connectivity index (χ0n) is 25.8. The summed E-state index contributed by atoms with van der Waals surface area (Å²) in [5.41, 5.74) is 1.06. The van der Waals surface area contributed by atoms with Gasteiger partial charge in [-0.2, -0.15) is 5.06 Å². The molecule has 2 bridgehead atoms. The van der Waals surface area contributed by atoms with Crippen molar-refractivity contribution >= 4 is 57.7 Å². The number of amides is 2. The second kappa shape index (κ2) is 11.9. The first kappa shape index (κ1) is 33.2. The number of phenolic OH excluding ortho intramolecular Hbond substituents is 2. The van der Waals surface area contributed by atoms with Crippen molar-refractivity contribution in [3.05, 3.63) is 34.3 Å². The van der Waals surface area contributed by atoms with Gasteiger partial charge in [0.15, 0.2) is 28.1 Å². The molecule has 264 valence electrons. The highest BCUT2D eigenvalue weighted by atomic mass is 32.1. The van der Waals surface area contributed by atoms with E-state index < -0.39 is 95.5 Å². The van der Waals surface area contributed by atoms with Gasteiger partial charge in [0.1, 0.15) is 11.7 Å². The molecule has 19 nitrogen and oxygen atoms in total. The molecular weight excluding hydrogens is 686 g/mol. The van der Waals surface area contributed by atoms with Gasteiger partial charge in [-0.25, -0.2) is 19.4 Å². The number of benzene rings is 1. The predicted molar refractivity (Wildman–Crippen MR) is 162 cm³/mol. The minimum Gasteiger partial charge on any atom is -0.504 e. The summed E-state index contributed by atoms with van der Waals surface area (Å²) < 4.78 is 11.0. The number of hydrogen-bond acceptors (Lipinski definition) is 16. The fourth-order valence-electron chi connectivity index (χ4n) is 6.98. The minimum absolute atomic E-state index is 0.00996. The molecule has 0 radical (unpaired) electrons. The third kappa shape index (κ3) is 5.35. The molecule has 7 rings (SSSR count). The molecule has 0 aliphatic carbocycles. The molecule has 6 heterocycles. The monoisotopic (exact) mass is 715 g/mol. The van der Waals surface area contributed by atoms with Crippen molar-refractivity contribution in [2.75, 3.05) is 12.3 Å². The van der Waals surface area contributed by atoms with Gasteiger partial charge in [-0.15, -0.1) is 11.3 Å². The number of anilines is 1. The number of cyclic esters (lactones) is 1. The van der Waals surface area contributed by atoms with Gasteiger partial charge >= 0.3 is 23.6 Å². The normalized spacial score (nSPS) is 30.5. The van der Waals surface area contributed by atoms with Gasteiger partial charge in [0, 0.05) is 36.8 Å². The van der Waals surface area contributed by atoms with Crippen molar-refractivity contribution in [2.45, 2.75) is 74.6 Å². The summed E-state index contributed by atoms with van der Waals surface area (Å²) in [6.45, 7) is -0.742. The fourth-order valence-corrected chi connectivity index (χ4v) is 7.53. The summed E-state index contributed by atoms with van der Waals surface area (Å²) in [5.74, 6) is -9.21. The number of oxime groups is 1. The number of fused-ring (bicyclic) bond motifs is 3. The third-order valence-electron chi connectivity index (χ3n) is 9.51. The van der Waals surface area contributed by atoms with Crippen LogP contribution in [0.15, 0.2) is 22.7 Å². The largest absolute Gasteiger partial charge is 0.504 e. The van der Waals surface area contributed by atoms with Crippen LogP contribution in [-0.2, 0) is 49.7 Å². The van der Waals surface area contributed by atoms with E-state index in [1.165, 1.54) is 5.38 Å². The summed E-state index contributed by atoms with van der Waals surface area (Å²) in [5, 5.41) is 45.8. The minimum atomic E-state index is -2.71. The Balaban J connectivity index is 1.10. The molecule has 4 fully saturated rings. The molecule has 50 heavy (non-hydrogen) atoms. The highest BCUT2D eigenvalue weighted by Crippen LogP contribution is 2.43. The van der Waals surface area contributed by atoms with Crippen LogP contribution < -0.4 is 5.73 Å². The van der Waals surface area contributed by atoms with E-state index in [1.807, 2.05) is 0 Å². The Bertz CT molecular complexity index is 1870. The number of rotatable bonds is 10. The van der Waals surface area contributed by atoms with E-state index in [0.29, 0.717) is 17.9 Å². The van der Waals surface area contributed by atoms with Crippen molar-refractivity contribution in [1.29, 1.82) is 0 Å². The Morgan fingerprint density at radius 1 is 1.06 bits per heavy atom. The zero-order valence-corrected chi connectivity index (χ0v) is 26.7. The number of carboxylic acids is 2. The highest BCUT2D eigenvalue weighted by Gasteiger charge is 2.64. The first-order chi connectivity index (χ1) is 23.7. The number of thiazole rings is 1. The average Bonchev–Trinajstić information content (AvgIpc) is 3.88. The van der Waals surface area contributed by atoms with Gasteiger partial charge in [0.25, 0.3) is 11.8 Å². The Labute approximate surface area is 284 Å². The Morgan fingerprint density at radius 2 is 1.76 bits per heavy atom. The average molecular weight is 716 g/mol. The van der Waals surface area contributed by atoms with Crippen molar-refractivity contribution in [3.63, 3.8) is 0 Å². The van der Waals surface area contributed by atoms with E-state index in [2.05, 4.69) is 10.1 Å². The van der Waals surface area contributed by atoms with E-state index in [-0.39, 0.29) is 53.5 Å². The van der Waals surface area contributed by atoms with Gasteiger partial charge in [0.2, 0.25) is 5.60 Å². The maximum absolute atomic E-state index is 13.7. The highest BCUT2D eigenvalue weighted by molar-refractivity contribution is 7.13. The maximum atomic E-state index is 13.7. The number of carbonyl (C=O) groups is 6. The lowest BCUT2D eigenvalue weighted by Crippen LogP contribution is -2.55. The van der Waals surface area contributed by atoms with Gasteiger partial charge in [-0.3, -0.25) is 19.2 Å². The number of phenols is 2. The summed E-state index contributed by atoms with van der Waals surface area (Å²) in [6, 6.07) is 0.656. The van der Waals surface area contributed by atoms with Crippen LogP contribution in [0.1, 0.15) is 60.1 Å². The number of aromatic hydroxyl groups is 2. The molecule has 0 spiro atoms. The number of nitrogens with zero attached hydrogens (tertiary/aromatic N) is 4. The summed E-state index contributed by atoms with van der Waals surface area (Å²) >= 11 is 0.975. The van der Waals surface area contributed by atoms with Crippen LogP contribution in [-0.4, -0.2) is 113 Å². The first-order valence-electron chi connectivity index (χ1n) is 15.4. The maximum Gasteiger partial charge on any atom is 0.372 e. The lowest BCUT2D eigenvalue weighted by molar-refractivity contribution is -0.256. The molecule has 6 N–H and O–H groups in total. The quantitative estimate of drug-likeness (QED) is 0.0945. The second-order valence-electron chi connectivity index (χ2n) is 12.7. The Hall–Kier alpha value is -5.34. The number of carbonyl (C=O) groups excluding carboxylic acids is 4. The smallest absolute Gasteiger partial charge is 0.372 e. The van der Waals surface area contributed by atoms with E-state index >= 15 is 0 Å². The molecule has 2 aromatic rings. The number of hydroxylamine groups is 2. The Morgan fingerprint density at radius 3 is 2.40 bits per heavy atom. The van der Waals surface area contributed by atoms with Gasteiger partial charge in [0.05, 0.1) is 31.2 Å². The van der Waals surface area contributed by atoms with Crippen LogP contribution in [0, 0.1) is 5.92 Å². The van der Waals surface area contributed by atoms with Crippen LogP contribution >= 0.6 is 11.3 Å². The molecule has 2 amide bonds. The number of nitrogens with two attached hydrogens (primary N) is 1. The number of aromatic nitrogens is 1.